The molecule has 4 rings (SSSR count). The van der Waals surface area contributed by atoms with Gasteiger partial charge in [0.1, 0.15) is 0 Å². The molecule has 0 saturated carbocycles. The van der Waals surface area contributed by atoms with Crippen LogP contribution in [0, 0.1) is 0 Å². The molecule has 0 bridgehead atoms. The maximum absolute atomic E-state index is 13.3. The van der Waals surface area contributed by atoms with Gasteiger partial charge < -0.3 is 23.9 Å². The molecule has 1 atom stereocenters. The number of ketones is 1. The Morgan fingerprint density at radius 3 is 2.53 bits per heavy atom. The lowest BCUT2D eigenvalue weighted by Crippen LogP contribution is -2.41. The maximum Gasteiger partial charge on any atom is 0.264 e. The molecule has 1 amide bonds. The summed E-state index contributed by atoms with van der Waals surface area (Å²) in [5.74, 6) is 0.220. The first-order valence-corrected chi connectivity index (χ1v) is 9.39. The number of carbonyl (C=O) groups is 2. The van der Waals surface area contributed by atoms with Crippen LogP contribution in [-0.4, -0.2) is 31.0 Å². The molecule has 1 unspecified atom stereocenters. The summed E-state index contributed by atoms with van der Waals surface area (Å²) in [6, 6.07) is 15.4. The summed E-state index contributed by atoms with van der Waals surface area (Å²) in [4.78, 5) is 27.4. The lowest BCUT2D eigenvalue weighted by atomic mass is 9.89. The summed E-state index contributed by atoms with van der Waals surface area (Å²) in [5, 5.41) is 11.3. The molecule has 0 radical (unpaired) electrons. The monoisotopic (exact) mass is 407 g/mol. The number of nitrogens with zero attached hydrogens (tertiary/aromatic N) is 1. The number of furan rings is 1. The number of Topliss-reactive ketones (excluding diaryl/α,β-unsaturated/α-hetero) is 1. The van der Waals surface area contributed by atoms with Crippen molar-refractivity contribution in [3.05, 3.63) is 77.7 Å². The van der Waals surface area contributed by atoms with Gasteiger partial charge in [0.05, 0.1) is 39.1 Å². The molecular formula is C23H21NO6. The smallest absolute Gasteiger partial charge is 0.264 e. The predicted octanol–water partition coefficient (Wildman–Crippen LogP) is 3.30. The van der Waals surface area contributed by atoms with Gasteiger partial charge in [-0.3, -0.25) is 9.59 Å². The number of carbonyl (C=O) groups excluding carboxylic acids is 2. The third-order valence-electron chi connectivity index (χ3n) is 5.24. The zero-order valence-corrected chi connectivity index (χ0v) is 16.6. The van der Waals surface area contributed by atoms with Crippen molar-refractivity contribution in [1.82, 2.24) is 0 Å². The average molecular weight is 407 g/mol. The SMILES string of the molecule is COc1ccc(CN2C(=O)C(O)(CC(=O)c3ccco3)c3ccccc32)cc1OC. The van der Waals surface area contributed by atoms with Gasteiger partial charge in [0.2, 0.25) is 5.78 Å². The third kappa shape index (κ3) is 3.23. The van der Waals surface area contributed by atoms with Crippen molar-refractivity contribution in [2.75, 3.05) is 19.1 Å². The van der Waals surface area contributed by atoms with E-state index in [9.17, 15) is 14.7 Å². The highest BCUT2D eigenvalue weighted by atomic mass is 16.5. The summed E-state index contributed by atoms with van der Waals surface area (Å²) in [7, 11) is 3.09. The Bertz CT molecular complexity index is 1090. The van der Waals surface area contributed by atoms with Crippen LogP contribution in [0.4, 0.5) is 5.69 Å². The number of para-hydroxylation sites is 1. The van der Waals surface area contributed by atoms with Gasteiger partial charge in [-0.05, 0) is 35.9 Å². The average Bonchev–Trinajstić information content (AvgIpc) is 3.37. The van der Waals surface area contributed by atoms with Crippen molar-refractivity contribution in [3.63, 3.8) is 0 Å². The van der Waals surface area contributed by atoms with E-state index in [0.717, 1.165) is 5.56 Å². The molecule has 1 aliphatic heterocycles. The van der Waals surface area contributed by atoms with Crippen molar-refractivity contribution in [2.24, 2.45) is 0 Å². The Hall–Kier alpha value is -3.58. The first kappa shape index (κ1) is 19.7. The number of rotatable bonds is 7. The number of hydrogen-bond donors (Lipinski definition) is 1. The van der Waals surface area contributed by atoms with E-state index < -0.39 is 23.7 Å². The van der Waals surface area contributed by atoms with Gasteiger partial charge in [-0.15, -0.1) is 0 Å². The van der Waals surface area contributed by atoms with E-state index in [4.69, 9.17) is 13.9 Å². The lowest BCUT2D eigenvalue weighted by molar-refractivity contribution is -0.136. The molecule has 2 aromatic carbocycles. The first-order valence-electron chi connectivity index (χ1n) is 9.39. The number of aliphatic hydroxyl groups is 1. The zero-order chi connectivity index (χ0) is 21.3. The van der Waals surface area contributed by atoms with Crippen LogP contribution in [0.25, 0.3) is 0 Å². The zero-order valence-electron chi connectivity index (χ0n) is 16.6. The number of ether oxygens (including phenoxy) is 2. The maximum atomic E-state index is 13.3. The molecule has 1 N–H and O–H groups in total. The van der Waals surface area contributed by atoms with Crippen LogP contribution in [0.1, 0.15) is 28.1 Å². The molecule has 30 heavy (non-hydrogen) atoms. The largest absolute Gasteiger partial charge is 0.493 e. The fourth-order valence-corrected chi connectivity index (χ4v) is 3.75. The molecule has 0 saturated heterocycles. The minimum atomic E-state index is -1.96. The van der Waals surface area contributed by atoms with E-state index in [1.807, 2.05) is 6.07 Å². The van der Waals surface area contributed by atoms with Gasteiger partial charge in [0.25, 0.3) is 5.91 Å². The van der Waals surface area contributed by atoms with E-state index in [1.165, 1.54) is 24.3 Å². The number of hydrogen-bond acceptors (Lipinski definition) is 6. The van der Waals surface area contributed by atoms with Crippen molar-refractivity contribution in [1.29, 1.82) is 0 Å². The van der Waals surface area contributed by atoms with Crippen LogP contribution >= 0.6 is 0 Å². The number of benzene rings is 2. The molecule has 7 nitrogen and oxygen atoms in total. The van der Waals surface area contributed by atoms with Crippen molar-refractivity contribution < 1.29 is 28.6 Å². The van der Waals surface area contributed by atoms with E-state index in [0.29, 0.717) is 22.7 Å². The number of fused-ring (bicyclic) bond motifs is 1. The van der Waals surface area contributed by atoms with Crippen LogP contribution in [-0.2, 0) is 16.9 Å². The Balaban J connectivity index is 1.67. The van der Waals surface area contributed by atoms with Crippen LogP contribution in [0.2, 0.25) is 0 Å². The molecule has 0 spiro atoms. The minimum absolute atomic E-state index is 0.104. The Morgan fingerprint density at radius 2 is 1.83 bits per heavy atom. The van der Waals surface area contributed by atoms with Gasteiger partial charge in [-0.25, -0.2) is 0 Å². The lowest BCUT2D eigenvalue weighted by Gasteiger charge is -2.22. The molecule has 3 aromatic rings. The number of amides is 1. The quantitative estimate of drug-likeness (QED) is 0.605. The van der Waals surface area contributed by atoms with Gasteiger partial charge in [0.15, 0.2) is 22.9 Å². The summed E-state index contributed by atoms with van der Waals surface area (Å²) in [5.41, 5.74) is -0.211. The molecular weight excluding hydrogens is 386 g/mol. The molecule has 0 aliphatic carbocycles. The first-order chi connectivity index (χ1) is 14.5. The van der Waals surface area contributed by atoms with Gasteiger partial charge in [-0.1, -0.05) is 24.3 Å². The second-order valence-electron chi connectivity index (χ2n) is 7.04. The van der Waals surface area contributed by atoms with Crippen molar-refractivity contribution >= 4 is 17.4 Å². The van der Waals surface area contributed by atoms with E-state index in [2.05, 4.69) is 0 Å². The molecule has 7 heteroatoms. The molecule has 0 fully saturated rings. The van der Waals surface area contributed by atoms with Crippen molar-refractivity contribution in [3.8, 4) is 11.5 Å². The number of methoxy groups -OCH3 is 2. The van der Waals surface area contributed by atoms with E-state index >= 15 is 0 Å². The number of anilines is 1. The van der Waals surface area contributed by atoms with Gasteiger partial charge >= 0.3 is 0 Å². The highest BCUT2D eigenvalue weighted by molar-refractivity contribution is 6.10. The van der Waals surface area contributed by atoms with Gasteiger partial charge in [0, 0.05) is 5.56 Å². The van der Waals surface area contributed by atoms with Crippen LogP contribution < -0.4 is 14.4 Å². The predicted molar refractivity (Wildman–Crippen MR) is 109 cm³/mol. The Labute approximate surface area is 173 Å². The molecule has 154 valence electrons. The highest BCUT2D eigenvalue weighted by Crippen LogP contribution is 2.43. The highest BCUT2D eigenvalue weighted by Gasteiger charge is 2.51. The second-order valence-corrected chi connectivity index (χ2v) is 7.04. The molecule has 2 heterocycles. The Kier molecular flexibility index (Phi) is 5.05. The van der Waals surface area contributed by atoms with Crippen LogP contribution in [0.5, 0.6) is 11.5 Å². The summed E-state index contributed by atoms with van der Waals surface area (Å²) >= 11 is 0. The molecule has 1 aromatic heterocycles. The normalized spacial score (nSPS) is 17.7. The summed E-state index contributed by atoms with van der Waals surface area (Å²) in [6.07, 6.45) is 0.976. The summed E-state index contributed by atoms with van der Waals surface area (Å²) in [6.45, 7) is 0.202. The second kappa shape index (κ2) is 7.68. The third-order valence-corrected chi connectivity index (χ3v) is 5.24. The van der Waals surface area contributed by atoms with E-state index in [1.54, 1.807) is 49.6 Å². The summed E-state index contributed by atoms with van der Waals surface area (Å²) < 4.78 is 15.7. The standard InChI is InChI=1S/C23H21NO6/c1-28-20-10-9-15(12-21(20)29-2)14-24-17-7-4-3-6-16(17)23(27,22(24)26)13-18(25)19-8-5-11-30-19/h3-12,27H,13-14H2,1-2H3. The Morgan fingerprint density at radius 1 is 1.07 bits per heavy atom. The fraction of sp³-hybridized carbons (Fsp3) is 0.217. The minimum Gasteiger partial charge on any atom is -0.493 e. The molecule has 1 aliphatic rings. The van der Waals surface area contributed by atoms with Crippen LogP contribution in [0.3, 0.4) is 0 Å². The van der Waals surface area contributed by atoms with E-state index in [-0.39, 0.29) is 12.3 Å². The topological polar surface area (TPSA) is 89.2 Å². The fourth-order valence-electron chi connectivity index (χ4n) is 3.75. The van der Waals surface area contributed by atoms with Gasteiger partial charge in [-0.2, -0.15) is 0 Å². The van der Waals surface area contributed by atoms with Crippen molar-refractivity contribution in [2.45, 2.75) is 18.6 Å². The van der Waals surface area contributed by atoms with Crippen LogP contribution in [0.15, 0.2) is 65.3 Å².